The van der Waals surface area contributed by atoms with Crippen molar-refractivity contribution in [1.29, 1.82) is 0 Å². The first-order chi connectivity index (χ1) is 11.4. The van der Waals surface area contributed by atoms with Crippen LogP contribution in [0.2, 0.25) is 0 Å². The molecule has 8 heteroatoms. The summed E-state index contributed by atoms with van der Waals surface area (Å²) < 4.78 is 39.9. The topological polar surface area (TPSA) is 46.3 Å². The fourth-order valence-electron chi connectivity index (χ4n) is 3.24. The lowest BCUT2D eigenvalue weighted by Crippen LogP contribution is -2.40. The quantitative estimate of drug-likeness (QED) is 0.845. The fourth-order valence-corrected chi connectivity index (χ4v) is 3.24. The summed E-state index contributed by atoms with van der Waals surface area (Å²) in [5.41, 5.74) is 0.113. The zero-order valence-corrected chi connectivity index (χ0v) is 13.9. The average Bonchev–Trinajstić information content (AvgIpc) is 2.96. The number of hydrogen-bond acceptors (Lipinski definition) is 4. The number of nitrogens with zero attached hydrogens (tertiary/aromatic N) is 5. The molecule has 2 aromatic rings. The molecule has 3 heterocycles. The highest BCUT2D eigenvalue weighted by atomic mass is 19.4. The lowest BCUT2D eigenvalue weighted by Gasteiger charge is -2.37. The molecule has 1 fully saturated rings. The minimum absolute atomic E-state index is 0.113. The second-order valence-corrected chi connectivity index (χ2v) is 6.80. The highest BCUT2D eigenvalue weighted by molar-refractivity contribution is 5.47. The van der Waals surface area contributed by atoms with Crippen molar-refractivity contribution in [3.63, 3.8) is 0 Å². The predicted octanol–water partition coefficient (Wildman–Crippen LogP) is 3.94. The van der Waals surface area contributed by atoms with Gasteiger partial charge in [-0.1, -0.05) is 13.8 Å². The van der Waals surface area contributed by atoms with Gasteiger partial charge in [0.1, 0.15) is 5.82 Å². The van der Waals surface area contributed by atoms with Gasteiger partial charge in [0, 0.05) is 12.6 Å². The van der Waals surface area contributed by atoms with Crippen LogP contribution in [0.3, 0.4) is 0 Å². The van der Waals surface area contributed by atoms with Crippen molar-refractivity contribution in [3.8, 4) is 0 Å². The van der Waals surface area contributed by atoms with E-state index >= 15 is 0 Å². The van der Waals surface area contributed by atoms with Crippen LogP contribution < -0.4 is 4.90 Å². The number of fused-ring (bicyclic) bond motifs is 1. The molecule has 132 valence electrons. The monoisotopic (exact) mass is 341 g/mol. The number of alkyl halides is 3. The van der Waals surface area contributed by atoms with E-state index in [1.165, 1.54) is 0 Å². The number of anilines is 1. The molecule has 0 amide bonds. The first-order valence-corrected chi connectivity index (χ1v) is 8.42. The lowest BCUT2D eigenvalue weighted by atomic mass is 9.95. The average molecular weight is 341 g/mol. The van der Waals surface area contributed by atoms with Gasteiger partial charge < -0.3 is 4.90 Å². The fraction of sp³-hybridized carbons (Fsp3) is 0.688. The van der Waals surface area contributed by atoms with Crippen LogP contribution in [0.1, 0.15) is 51.8 Å². The van der Waals surface area contributed by atoms with E-state index < -0.39 is 12.0 Å². The number of piperidine rings is 1. The maximum absolute atomic E-state index is 13.0. The van der Waals surface area contributed by atoms with Crippen molar-refractivity contribution in [1.82, 2.24) is 19.8 Å². The smallest absolute Gasteiger partial charge is 0.352 e. The summed E-state index contributed by atoms with van der Waals surface area (Å²) in [5, 5.41) is 11.0. The van der Waals surface area contributed by atoms with E-state index in [2.05, 4.69) is 34.0 Å². The highest BCUT2D eigenvalue weighted by Gasteiger charge is 2.38. The minimum atomic E-state index is -4.57. The van der Waals surface area contributed by atoms with Crippen LogP contribution in [0.5, 0.6) is 0 Å². The molecule has 0 spiro atoms. The summed E-state index contributed by atoms with van der Waals surface area (Å²) in [4.78, 5) is 2.14. The first-order valence-electron chi connectivity index (χ1n) is 8.42. The van der Waals surface area contributed by atoms with Gasteiger partial charge in [-0.05, 0) is 50.2 Å². The maximum Gasteiger partial charge on any atom is 0.453 e. The Balaban J connectivity index is 1.91. The summed E-state index contributed by atoms with van der Waals surface area (Å²) in [6, 6.07) is 3.63. The third-order valence-corrected chi connectivity index (χ3v) is 4.50. The summed E-state index contributed by atoms with van der Waals surface area (Å²) in [6.07, 6.45) is 0.814. The van der Waals surface area contributed by atoms with Crippen molar-refractivity contribution in [2.45, 2.75) is 58.2 Å². The van der Waals surface area contributed by atoms with Gasteiger partial charge in [0.15, 0.2) is 5.65 Å². The maximum atomic E-state index is 13.0. The Morgan fingerprint density at radius 3 is 2.71 bits per heavy atom. The van der Waals surface area contributed by atoms with Crippen molar-refractivity contribution >= 4 is 11.5 Å². The third kappa shape index (κ3) is 3.47. The van der Waals surface area contributed by atoms with Gasteiger partial charge >= 0.3 is 6.18 Å². The van der Waals surface area contributed by atoms with E-state index in [1.807, 2.05) is 0 Å². The molecule has 1 atom stereocenters. The summed E-state index contributed by atoms with van der Waals surface area (Å²) in [6.45, 7) is 5.19. The summed E-state index contributed by atoms with van der Waals surface area (Å²) >= 11 is 0. The van der Waals surface area contributed by atoms with E-state index in [0.717, 1.165) is 43.2 Å². The zero-order chi connectivity index (χ0) is 17.3. The second-order valence-electron chi connectivity index (χ2n) is 6.80. The predicted molar refractivity (Wildman–Crippen MR) is 84.8 cm³/mol. The standard InChI is InChI=1S/C16H22F3N5/c1-11(2)6-7-12-5-3-4-10-23(12)14-9-8-13-20-21-15(16(17,18)19)24(13)22-14/h8-9,11-12H,3-7,10H2,1-2H3. The molecule has 5 nitrogen and oxygen atoms in total. The SMILES string of the molecule is CC(C)CCC1CCCCN1c1ccc2nnc(C(F)(F)F)n2n1. The van der Waals surface area contributed by atoms with E-state index in [0.29, 0.717) is 17.8 Å². The summed E-state index contributed by atoms with van der Waals surface area (Å²) in [7, 11) is 0. The van der Waals surface area contributed by atoms with E-state index in [4.69, 9.17) is 0 Å². The molecule has 0 N–H and O–H groups in total. The molecule has 0 radical (unpaired) electrons. The molecule has 0 aliphatic carbocycles. The van der Waals surface area contributed by atoms with Crippen LogP contribution in [-0.2, 0) is 6.18 Å². The molecule has 1 unspecified atom stereocenters. The van der Waals surface area contributed by atoms with Crippen LogP contribution in [0.25, 0.3) is 5.65 Å². The van der Waals surface area contributed by atoms with E-state index in [-0.39, 0.29) is 5.65 Å². The summed E-state index contributed by atoms with van der Waals surface area (Å²) in [5.74, 6) is 0.107. The van der Waals surface area contributed by atoms with Crippen LogP contribution >= 0.6 is 0 Å². The molecule has 0 saturated carbocycles. The van der Waals surface area contributed by atoms with Crippen LogP contribution in [0.15, 0.2) is 12.1 Å². The van der Waals surface area contributed by atoms with Crippen molar-refractivity contribution in [2.75, 3.05) is 11.4 Å². The number of aromatic nitrogens is 4. The number of hydrogen-bond donors (Lipinski definition) is 0. The van der Waals surface area contributed by atoms with Gasteiger partial charge in [-0.15, -0.1) is 15.3 Å². The Kier molecular flexibility index (Phi) is 4.64. The van der Waals surface area contributed by atoms with E-state index in [9.17, 15) is 13.2 Å². The Bertz CT molecular complexity index is 695. The minimum Gasteiger partial charge on any atom is -0.352 e. The lowest BCUT2D eigenvalue weighted by molar-refractivity contribution is -0.146. The van der Waals surface area contributed by atoms with Crippen LogP contribution in [0.4, 0.5) is 19.0 Å². The van der Waals surface area contributed by atoms with Crippen molar-refractivity contribution < 1.29 is 13.2 Å². The van der Waals surface area contributed by atoms with Gasteiger partial charge in [-0.25, -0.2) is 0 Å². The molecule has 1 aliphatic rings. The molecule has 0 bridgehead atoms. The molecule has 2 aromatic heterocycles. The number of halogens is 3. The normalized spacial score (nSPS) is 19.4. The molecule has 1 saturated heterocycles. The van der Waals surface area contributed by atoms with Gasteiger partial charge in [-0.2, -0.15) is 17.7 Å². The third-order valence-electron chi connectivity index (χ3n) is 4.50. The Morgan fingerprint density at radius 1 is 1.21 bits per heavy atom. The molecule has 1 aliphatic heterocycles. The number of rotatable bonds is 4. The second kappa shape index (κ2) is 6.57. The van der Waals surface area contributed by atoms with Gasteiger partial charge in [0.05, 0.1) is 0 Å². The van der Waals surface area contributed by atoms with Gasteiger partial charge in [0.25, 0.3) is 5.82 Å². The van der Waals surface area contributed by atoms with E-state index in [1.54, 1.807) is 12.1 Å². The molecular formula is C16H22F3N5. The van der Waals surface area contributed by atoms with Crippen molar-refractivity contribution in [2.24, 2.45) is 5.92 Å². The Labute approximate surface area is 138 Å². The highest BCUT2D eigenvalue weighted by Crippen LogP contribution is 2.30. The zero-order valence-electron chi connectivity index (χ0n) is 13.9. The van der Waals surface area contributed by atoms with Crippen LogP contribution in [0, 0.1) is 5.92 Å². The Hall–Kier alpha value is -1.86. The van der Waals surface area contributed by atoms with Crippen molar-refractivity contribution in [3.05, 3.63) is 18.0 Å². The Morgan fingerprint density at radius 2 is 2.00 bits per heavy atom. The largest absolute Gasteiger partial charge is 0.453 e. The molecule has 24 heavy (non-hydrogen) atoms. The van der Waals surface area contributed by atoms with Gasteiger partial charge in [0.2, 0.25) is 0 Å². The molecular weight excluding hydrogens is 319 g/mol. The van der Waals surface area contributed by atoms with Crippen LogP contribution in [-0.4, -0.2) is 32.4 Å². The molecule has 0 aromatic carbocycles. The first kappa shape index (κ1) is 17.0. The molecule has 3 rings (SSSR count). The van der Waals surface area contributed by atoms with Gasteiger partial charge in [-0.3, -0.25) is 0 Å².